The van der Waals surface area contributed by atoms with Crippen molar-refractivity contribution < 1.29 is 9.18 Å². The van der Waals surface area contributed by atoms with Gasteiger partial charge in [0.1, 0.15) is 5.82 Å². The fraction of sp³-hybridized carbons (Fsp3) is 0.417. The molecule has 1 aromatic carbocycles. The summed E-state index contributed by atoms with van der Waals surface area (Å²) in [4.78, 5) is 11.5. The number of nitrogens with one attached hydrogen (secondary N) is 1. The molecule has 1 aromatic rings. The van der Waals surface area contributed by atoms with E-state index in [9.17, 15) is 9.18 Å². The summed E-state index contributed by atoms with van der Waals surface area (Å²) in [6, 6.07) is 5.40. The molecule has 0 radical (unpaired) electrons. The third-order valence-electron chi connectivity index (χ3n) is 2.51. The number of rotatable bonds is 4. The molecule has 0 saturated carbocycles. The van der Waals surface area contributed by atoms with E-state index in [0.717, 1.165) is 5.56 Å². The predicted molar refractivity (Wildman–Crippen MR) is 61.2 cm³/mol. The van der Waals surface area contributed by atoms with E-state index in [1.807, 2.05) is 13.8 Å². The Morgan fingerprint density at radius 1 is 1.44 bits per heavy atom. The average molecular weight is 224 g/mol. The highest BCUT2D eigenvalue weighted by molar-refractivity contribution is 5.81. The van der Waals surface area contributed by atoms with Crippen LogP contribution < -0.4 is 11.1 Å². The largest absolute Gasteiger partial charge is 0.348 e. The van der Waals surface area contributed by atoms with Gasteiger partial charge in [-0.05, 0) is 31.0 Å². The number of amides is 1. The Labute approximate surface area is 94.8 Å². The lowest BCUT2D eigenvalue weighted by Gasteiger charge is -2.17. The van der Waals surface area contributed by atoms with Gasteiger partial charge in [-0.25, -0.2) is 4.39 Å². The molecule has 1 rings (SSSR count). The lowest BCUT2D eigenvalue weighted by atomic mass is 10.1. The van der Waals surface area contributed by atoms with Crippen LogP contribution >= 0.6 is 0 Å². The van der Waals surface area contributed by atoms with Crippen LogP contribution in [0.2, 0.25) is 0 Å². The first-order valence-electron chi connectivity index (χ1n) is 5.36. The van der Waals surface area contributed by atoms with Crippen LogP contribution in [0.15, 0.2) is 24.3 Å². The lowest BCUT2D eigenvalue weighted by Crippen LogP contribution is -2.41. The molecule has 3 nitrogen and oxygen atoms in total. The van der Waals surface area contributed by atoms with Gasteiger partial charge in [0.05, 0.1) is 12.1 Å². The second-order valence-corrected chi connectivity index (χ2v) is 3.80. The first kappa shape index (κ1) is 12.6. The Kier molecular flexibility index (Phi) is 4.43. The van der Waals surface area contributed by atoms with Crippen molar-refractivity contribution in [2.75, 3.05) is 0 Å². The third kappa shape index (κ3) is 3.31. The van der Waals surface area contributed by atoms with Crippen molar-refractivity contribution in [3.05, 3.63) is 35.6 Å². The van der Waals surface area contributed by atoms with E-state index in [2.05, 4.69) is 5.32 Å². The molecule has 0 aromatic heterocycles. The van der Waals surface area contributed by atoms with Crippen molar-refractivity contribution in [3.63, 3.8) is 0 Å². The van der Waals surface area contributed by atoms with Crippen molar-refractivity contribution in [1.29, 1.82) is 0 Å². The Morgan fingerprint density at radius 3 is 2.50 bits per heavy atom. The van der Waals surface area contributed by atoms with Gasteiger partial charge in [0.25, 0.3) is 0 Å². The maximum Gasteiger partial charge on any atom is 0.237 e. The second-order valence-electron chi connectivity index (χ2n) is 3.80. The highest BCUT2D eigenvalue weighted by Gasteiger charge is 2.14. The van der Waals surface area contributed by atoms with E-state index < -0.39 is 6.04 Å². The fourth-order valence-electron chi connectivity index (χ4n) is 1.34. The average Bonchev–Trinajstić information content (AvgIpc) is 2.28. The minimum absolute atomic E-state index is 0.161. The predicted octanol–water partition coefficient (Wildman–Crippen LogP) is 1.74. The number of benzene rings is 1. The number of halogens is 1. The molecule has 0 heterocycles. The van der Waals surface area contributed by atoms with Crippen molar-refractivity contribution in [2.45, 2.75) is 32.4 Å². The summed E-state index contributed by atoms with van der Waals surface area (Å²) >= 11 is 0. The maximum atomic E-state index is 12.7. The molecule has 0 fully saturated rings. The summed E-state index contributed by atoms with van der Waals surface area (Å²) in [5, 5.41) is 2.78. The molecule has 0 aliphatic carbocycles. The van der Waals surface area contributed by atoms with Crippen molar-refractivity contribution in [3.8, 4) is 0 Å². The molecule has 3 N–H and O–H groups in total. The topological polar surface area (TPSA) is 55.1 Å². The molecule has 0 aliphatic rings. The normalized spacial score (nSPS) is 14.2. The highest BCUT2D eigenvalue weighted by atomic mass is 19.1. The molecule has 1 amide bonds. The molecule has 0 spiro atoms. The number of nitrogens with two attached hydrogens (primary N) is 1. The molecular weight excluding hydrogens is 207 g/mol. The van der Waals surface area contributed by atoms with Crippen molar-refractivity contribution >= 4 is 5.91 Å². The third-order valence-corrected chi connectivity index (χ3v) is 2.51. The molecular formula is C12H17FN2O. The molecule has 88 valence electrons. The van der Waals surface area contributed by atoms with Gasteiger partial charge in [-0.1, -0.05) is 19.1 Å². The quantitative estimate of drug-likeness (QED) is 0.818. The summed E-state index contributed by atoms with van der Waals surface area (Å²) in [5.41, 5.74) is 6.45. The summed E-state index contributed by atoms with van der Waals surface area (Å²) in [6.45, 7) is 3.69. The summed E-state index contributed by atoms with van der Waals surface area (Å²) in [7, 11) is 0. The minimum Gasteiger partial charge on any atom is -0.348 e. The molecule has 16 heavy (non-hydrogen) atoms. The molecule has 0 bridgehead atoms. The van der Waals surface area contributed by atoms with Crippen molar-refractivity contribution in [1.82, 2.24) is 5.32 Å². The summed E-state index contributed by atoms with van der Waals surface area (Å²) < 4.78 is 12.7. The van der Waals surface area contributed by atoms with Crippen LogP contribution in [0.4, 0.5) is 4.39 Å². The Balaban J connectivity index is 2.62. The zero-order valence-corrected chi connectivity index (χ0v) is 9.53. The first-order valence-corrected chi connectivity index (χ1v) is 5.36. The van der Waals surface area contributed by atoms with Gasteiger partial charge in [-0.2, -0.15) is 0 Å². The number of carbonyl (C=O) groups is 1. The van der Waals surface area contributed by atoms with E-state index in [4.69, 9.17) is 5.73 Å². The summed E-state index contributed by atoms with van der Waals surface area (Å²) in [5.74, 6) is -0.466. The van der Waals surface area contributed by atoms with Crippen LogP contribution in [0.3, 0.4) is 0 Å². The number of hydrogen-bond acceptors (Lipinski definition) is 2. The first-order chi connectivity index (χ1) is 7.54. The van der Waals surface area contributed by atoms with Gasteiger partial charge in [-0.15, -0.1) is 0 Å². The zero-order chi connectivity index (χ0) is 12.1. The SMILES string of the molecule is CC[C@H](N)C(=O)N[C@@H](C)c1ccc(F)cc1. The maximum absolute atomic E-state index is 12.7. The van der Waals surface area contributed by atoms with Crippen LogP contribution in [0.5, 0.6) is 0 Å². The van der Waals surface area contributed by atoms with E-state index >= 15 is 0 Å². The fourth-order valence-corrected chi connectivity index (χ4v) is 1.34. The van der Waals surface area contributed by atoms with E-state index in [1.165, 1.54) is 12.1 Å². The van der Waals surface area contributed by atoms with Crippen LogP contribution in [0.1, 0.15) is 31.9 Å². The standard InChI is InChI=1S/C12H17FN2O/c1-3-11(14)12(16)15-8(2)9-4-6-10(13)7-5-9/h4-8,11H,3,14H2,1-2H3,(H,15,16)/t8-,11-/m0/s1. The van der Waals surface area contributed by atoms with Crippen LogP contribution in [-0.4, -0.2) is 11.9 Å². The molecule has 4 heteroatoms. The van der Waals surface area contributed by atoms with Gasteiger partial charge in [-0.3, -0.25) is 4.79 Å². The number of hydrogen-bond donors (Lipinski definition) is 2. The highest BCUT2D eigenvalue weighted by Crippen LogP contribution is 2.12. The monoisotopic (exact) mass is 224 g/mol. The number of carbonyl (C=O) groups excluding carboxylic acids is 1. The van der Waals surface area contributed by atoms with Gasteiger partial charge in [0.2, 0.25) is 5.91 Å². The molecule has 0 aliphatic heterocycles. The molecule has 0 saturated heterocycles. The molecule has 0 unspecified atom stereocenters. The molecule has 2 atom stereocenters. The minimum atomic E-state index is -0.483. The Hall–Kier alpha value is -1.42. The Morgan fingerprint density at radius 2 is 2.00 bits per heavy atom. The van der Waals surface area contributed by atoms with Gasteiger partial charge in [0, 0.05) is 0 Å². The zero-order valence-electron chi connectivity index (χ0n) is 9.53. The van der Waals surface area contributed by atoms with Crippen LogP contribution in [-0.2, 0) is 4.79 Å². The van der Waals surface area contributed by atoms with E-state index in [1.54, 1.807) is 12.1 Å². The van der Waals surface area contributed by atoms with Crippen molar-refractivity contribution in [2.24, 2.45) is 5.73 Å². The van der Waals surface area contributed by atoms with Crippen LogP contribution in [0.25, 0.3) is 0 Å². The Bertz CT molecular complexity index is 351. The van der Waals surface area contributed by atoms with Crippen LogP contribution in [0, 0.1) is 5.82 Å². The van der Waals surface area contributed by atoms with Gasteiger partial charge < -0.3 is 11.1 Å². The van der Waals surface area contributed by atoms with Gasteiger partial charge >= 0.3 is 0 Å². The van der Waals surface area contributed by atoms with Gasteiger partial charge in [0.15, 0.2) is 0 Å². The lowest BCUT2D eigenvalue weighted by molar-refractivity contribution is -0.123. The van der Waals surface area contributed by atoms with E-state index in [0.29, 0.717) is 6.42 Å². The van der Waals surface area contributed by atoms with E-state index in [-0.39, 0.29) is 17.8 Å². The second kappa shape index (κ2) is 5.61. The summed E-state index contributed by atoms with van der Waals surface area (Å²) in [6.07, 6.45) is 0.599. The smallest absolute Gasteiger partial charge is 0.237 e.